The third-order valence-electron chi connectivity index (χ3n) is 4.19. The molecule has 1 unspecified atom stereocenters. The predicted molar refractivity (Wildman–Crippen MR) is 86.6 cm³/mol. The highest BCUT2D eigenvalue weighted by molar-refractivity contribution is 5.48. The maximum atomic E-state index is 10.5. The molecule has 4 heteroatoms. The van der Waals surface area contributed by atoms with E-state index in [0.717, 1.165) is 37.3 Å². The molecule has 0 saturated carbocycles. The molecule has 0 aliphatic heterocycles. The topological polar surface area (TPSA) is 58.0 Å². The third-order valence-corrected chi connectivity index (χ3v) is 4.19. The van der Waals surface area contributed by atoms with Crippen LogP contribution < -0.4 is 5.32 Å². The number of hydrogen-bond acceptors (Lipinski definition) is 4. The van der Waals surface area contributed by atoms with Crippen molar-refractivity contribution in [1.29, 1.82) is 0 Å². The van der Waals surface area contributed by atoms with E-state index in [0.29, 0.717) is 12.5 Å². The molecule has 1 aliphatic carbocycles. The lowest BCUT2D eigenvalue weighted by Crippen LogP contribution is -2.34. The summed E-state index contributed by atoms with van der Waals surface area (Å²) in [5.74, 6) is 2.37. The molecule has 2 rings (SSSR count). The van der Waals surface area contributed by atoms with Gasteiger partial charge in [0.15, 0.2) is 0 Å². The van der Waals surface area contributed by atoms with Crippen LogP contribution in [0.4, 0.5) is 5.82 Å². The highest BCUT2D eigenvalue weighted by Crippen LogP contribution is 2.26. The number of nitrogens with one attached hydrogen (secondary N) is 1. The van der Waals surface area contributed by atoms with Gasteiger partial charge in [-0.3, -0.25) is 0 Å². The van der Waals surface area contributed by atoms with Crippen LogP contribution in [-0.4, -0.2) is 27.2 Å². The van der Waals surface area contributed by atoms with Gasteiger partial charge in [-0.25, -0.2) is 9.97 Å². The van der Waals surface area contributed by atoms with E-state index in [9.17, 15) is 5.11 Å². The summed E-state index contributed by atoms with van der Waals surface area (Å²) in [7, 11) is 0. The summed E-state index contributed by atoms with van der Waals surface area (Å²) in [6, 6.07) is 0. The minimum absolute atomic E-state index is 0.544. The van der Waals surface area contributed by atoms with E-state index in [-0.39, 0.29) is 0 Å². The fourth-order valence-corrected chi connectivity index (χ4v) is 2.83. The average molecular weight is 291 g/mol. The second-order valence-electron chi connectivity index (χ2n) is 7.03. The van der Waals surface area contributed by atoms with Crippen molar-refractivity contribution in [1.82, 2.24) is 9.97 Å². The first-order chi connectivity index (χ1) is 9.87. The van der Waals surface area contributed by atoms with Gasteiger partial charge in [0.1, 0.15) is 11.6 Å². The van der Waals surface area contributed by atoms with E-state index >= 15 is 0 Å². The number of rotatable bonds is 6. The molecular formula is C17H29N3O. The Bertz CT molecular complexity index is 483. The van der Waals surface area contributed by atoms with Crippen LogP contribution in [0.2, 0.25) is 0 Å². The standard InChI is InChI=1S/C17H29N3O/c1-12(2)9-10-17(4,21)11-18-16-14-7-5-6-8-15(14)19-13(3)20-16/h12,21H,5-11H2,1-4H3,(H,18,19,20). The van der Waals surface area contributed by atoms with E-state index < -0.39 is 5.60 Å². The first kappa shape index (κ1) is 16.2. The normalized spacial score (nSPS) is 17.4. The second kappa shape index (κ2) is 6.73. The minimum Gasteiger partial charge on any atom is -0.388 e. The summed E-state index contributed by atoms with van der Waals surface area (Å²) in [5, 5.41) is 13.9. The van der Waals surface area contributed by atoms with Gasteiger partial charge in [0.05, 0.1) is 5.60 Å². The predicted octanol–water partition coefficient (Wildman–Crippen LogP) is 3.26. The van der Waals surface area contributed by atoms with Gasteiger partial charge in [-0.2, -0.15) is 0 Å². The molecule has 0 saturated heterocycles. The van der Waals surface area contributed by atoms with Crippen LogP contribution in [0.1, 0.15) is 63.5 Å². The molecule has 0 aromatic carbocycles. The van der Waals surface area contributed by atoms with Crippen LogP contribution in [0.25, 0.3) is 0 Å². The molecular weight excluding hydrogens is 262 g/mol. The van der Waals surface area contributed by atoms with Crippen LogP contribution >= 0.6 is 0 Å². The number of aliphatic hydroxyl groups is 1. The van der Waals surface area contributed by atoms with Gasteiger partial charge in [0, 0.05) is 17.8 Å². The van der Waals surface area contributed by atoms with Gasteiger partial charge in [-0.05, 0) is 58.3 Å². The van der Waals surface area contributed by atoms with Crippen molar-refractivity contribution < 1.29 is 5.11 Å². The molecule has 1 aromatic heterocycles. The average Bonchev–Trinajstić information content (AvgIpc) is 2.43. The molecule has 2 N–H and O–H groups in total. The summed E-state index contributed by atoms with van der Waals surface area (Å²) in [6.45, 7) is 8.77. The summed E-state index contributed by atoms with van der Waals surface area (Å²) in [5.41, 5.74) is 1.76. The Labute approximate surface area is 128 Å². The fraction of sp³-hybridized carbons (Fsp3) is 0.765. The largest absolute Gasteiger partial charge is 0.388 e. The van der Waals surface area contributed by atoms with Gasteiger partial charge >= 0.3 is 0 Å². The quantitative estimate of drug-likeness (QED) is 0.844. The Morgan fingerprint density at radius 1 is 1.24 bits per heavy atom. The van der Waals surface area contributed by atoms with Gasteiger partial charge < -0.3 is 10.4 Å². The van der Waals surface area contributed by atoms with E-state index in [1.807, 2.05) is 13.8 Å². The summed E-state index contributed by atoms with van der Waals surface area (Å²) < 4.78 is 0. The number of aromatic nitrogens is 2. The molecule has 0 spiro atoms. The maximum absolute atomic E-state index is 10.5. The second-order valence-corrected chi connectivity index (χ2v) is 7.03. The van der Waals surface area contributed by atoms with Crippen molar-refractivity contribution >= 4 is 5.82 Å². The lowest BCUT2D eigenvalue weighted by atomic mass is 9.94. The molecule has 1 aromatic rings. The Balaban J connectivity index is 2.04. The van der Waals surface area contributed by atoms with Crippen molar-refractivity contribution in [3.8, 4) is 0 Å². The van der Waals surface area contributed by atoms with Crippen LogP contribution in [0, 0.1) is 12.8 Å². The molecule has 4 nitrogen and oxygen atoms in total. The Morgan fingerprint density at radius 3 is 2.67 bits per heavy atom. The molecule has 0 fully saturated rings. The van der Waals surface area contributed by atoms with E-state index in [1.54, 1.807) is 0 Å². The van der Waals surface area contributed by atoms with Crippen LogP contribution in [0.5, 0.6) is 0 Å². The number of hydrogen-bond donors (Lipinski definition) is 2. The van der Waals surface area contributed by atoms with Crippen molar-refractivity contribution in [2.75, 3.05) is 11.9 Å². The molecule has 1 atom stereocenters. The van der Waals surface area contributed by atoms with E-state index in [1.165, 1.54) is 24.1 Å². The van der Waals surface area contributed by atoms with Gasteiger partial charge in [0.25, 0.3) is 0 Å². The lowest BCUT2D eigenvalue weighted by Gasteiger charge is -2.26. The van der Waals surface area contributed by atoms with E-state index in [2.05, 4.69) is 29.1 Å². The zero-order chi connectivity index (χ0) is 15.5. The summed E-state index contributed by atoms with van der Waals surface area (Å²) in [6.07, 6.45) is 6.37. The molecule has 0 radical (unpaired) electrons. The Morgan fingerprint density at radius 2 is 1.95 bits per heavy atom. The number of nitrogens with zero attached hydrogens (tertiary/aromatic N) is 2. The summed E-state index contributed by atoms with van der Waals surface area (Å²) in [4.78, 5) is 9.12. The lowest BCUT2D eigenvalue weighted by molar-refractivity contribution is 0.0585. The minimum atomic E-state index is -0.690. The molecule has 0 bridgehead atoms. The highest BCUT2D eigenvalue weighted by Gasteiger charge is 2.22. The van der Waals surface area contributed by atoms with E-state index in [4.69, 9.17) is 0 Å². The van der Waals surface area contributed by atoms with Gasteiger partial charge in [-0.15, -0.1) is 0 Å². The number of aryl methyl sites for hydroxylation is 2. The van der Waals surface area contributed by atoms with Crippen molar-refractivity contribution in [2.24, 2.45) is 5.92 Å². The first-order valence-corrected chi connectivity index (χ1v) is 8.20. The van der Waals surface area contributed by atoms with Crippen LogP contribution in [0.3, 0.4) is 0 Å². The van der Waals surface area contributed by atoms with Crippen LogP contribution in [0.15, 0.2) is 0 Å². The number of anilines is 1. The van der Waals surface area contributed by atoms with Gasteiger partial charge in [0.2, 0.25) is 0 Å². The molecule has 21 heavy (non-hydrogen) atoms. The monoisotopic (exact) mass is 291 g/mol. The van der Waals surface area contributed by atoms with Crippen molar-refractivity contribution in [3.63, 3.8) is 0 Å². The zero-order valence-corrected chi connectivity index (χ0v) is 13.9. The smallest absolute Gasteiger partial charge is 0.133 e. The fourth-order valence-electron chi connectivity index (χ4n) is 2.83. The Kier molecular flexibility index (Phi) is 5.20. The Hall–Kier alpha value is -1.16. The van der Waals surface area contributed by atoms with Gasteiger partial charge in [-0.1, -0.05) is 13.8 Å². The SMILES string of the molecule is Cc1nc2c(c(NCC(C)(O)CCC(C)C)n1)CCCC2. The maximum Gasteiger partial charge on any atom is 0.133 e. The third kappa shape index (κ3) is 4.67. The zero-order valence-electron chi connectivity index (χ0n) is 13.9. The molecule has 1 aliphatic rings. The molecule has 1 heterocycles. The number of fused-ring (bicyclic) bond motifs is 1. The van der Waals surface area contributed by atoms with Crippen molar-refractivity contribution in [2.45, 2.75) is 71.8 Å². The van der Waals surface area contributed by atoms with Crippen LogP contribution in [-0.2, 0) is 12.8 Å². The molecule has 118 valence electrons. The first-order valence-electron chi connectivity index (χ1n) is 8.20. The highest BCUT2D eigenvalue weighted by atomic mass is 16.3. The molecule has 0 amide bonds. The van der Waals surface area contributed by atoms with Crippen molar-refractivity contribution in [3.05, 3.63) is 17.1 Å². The summed E-state index contributed by atoms with van der Waals surface area (Å²) >= 11 is 0.